The molecule has 17 atom stereocenters. The fourth-order valence-electron chi connectivity index (χ4n) is 14.5. The molecule has 3 fully saturated rings. The second-order valence-electron chi connectivity index (χ2n) is 33.2. The Balaban J connectivity index is 1.31. The largest absolute Gasteiger partial charge is 0.463 e. The monoisotopic (exact) mass is 2030 g/mol. The molecule has 142 heavy (non-hydrogen) atoms. The predicted octanol–water partition coefficient (Wildman–Crippen LogP) is -0.301. The Kier molecular flexibility index (Phi) is 64.8. The molecule has 1 aromatic rings. The van der Waals surface area contributed by atoms with Gasteiger partial charge in [0.05, 0.1) is 137 Å². The second kappa shape index (κ2) is 74.0. The van der Waals surface area contributed by atoms with Gasteiger partial charge in [-0.3, -0.25) is 76.7 Å². The van der Waals surface area contributed by atoms with Crippen molar-refractivity contribution in [1.82, 2.24) is 42.5 Å². The maximum absolute atomic E-state index is 14.5. The molecule has 0 bridgehead atoms. The minimum absolute atomic E-state index is 0.00579. The van der Waals surface area contributed by atoms with Gasteiger partial charge in [0.2, 0.25) is 41.4 Å². The number of amides is 7. The van der Waals surface area contributed by atoms with E-state index in [9.17, 15) is 76.7 Å². The molecule has 0 aromatic heterocycles. The number of unbranched alkanes of at least 4 members (excludes halogenated alkanes) is 5. The highest BCUT2D eigenvalue weighted by Gasteiger charge is 2.54. The van der Waals surface area contributed by atoms with Crippen molar-refractivity contribution in [2.45, 2.75) is 265 Å². The highest BCUT2D eigenvalue weighted by Crippen LogP contribution is 2.32. The molecule has 0 aliphatic carbocycles. The van der Waals surface area contributed by atoms with Crippen molar-refractivity contribution >= 4 is 95.1 Å². The summed E-state index contributed by atoms with van der Waals surface area (Å²) in [6.07, 6.45) is -9.47. The van der Waals surface area contributed by atoms with Crippen molar-refractivity contribution in [2.24, 2.45) is 5.92 Å². The van der Waals surface area contributed by atoms with Crippen LogP contribution < -0.4 is 42.5 Å². The molecular formula is C93H150N8O41. The zero-order chi connectivity index (χ0) is 104. The van der Waals surface area contributed by atoms with Gasteiger partial charge in [-0.15, -0.1) is 0 Å². The van der Waals surface area contributed by atoms with Crippen LogP contribution in [0.25, 0.3) is 0 Å². The van der Waals surface area contributed by atoms with Crippen LogP contribution in [0.15, 0.2) is 30.3 Å². The first kappa shape index (κ1) is 124. The van der Waals surface area contributed by atoms with E-state index < -0.39 is 219 Å². The molecule has 1 aromatic carbocycles. The van der Waals surface area contributed by atoms with Gasteiger partial charge in [0, 0.05) is 115 Å². The standard InChI is InChI=1S/C93H150N8O41/c1-59(2)98-80-86(137-68(11)110)83(134-65(8)107)74(53-131-62(5)104)140-91(80)128-48-45-121-36-33-118-39-42-125-56-77(113)94-29-22-19-27-72(51-97-79(115)58-127-44-41-120-35-38-123-47-50-130-93-82(100-61(4)103)88(139-70(13)112)85(136-67(10)109)76(142-93)55-133-64(7)106)89(116)101-73(90(117)96-31-21-14-15-24-32-124-52-71-25-17-16-18-26-71)28-20-23-30-95-78(114)57-126-43-40-119-34-37-122-46-49-129-92-81(99-60(3)102)87(138-69(12)111)84(135-66(9)108)75(141-92)54-132-63(6)105/h16-18,25-26,59,72-76,80-88,91-93,98H,14-15,19-24,27-58H2,1-13H3,(H,94,113)(H,95,114)(H,96,117)(H,97,115)(H,99,102)(H,100,103)(H,101,116)/t72-,73+,74-,75-,76-,80-,81-,82-,83+,84+,85+,86-,87-,88-,91-,92-,93-/m1/s1. The number of rotatable bonds is 76. The second-order valence-corrected chi connectivity index (χ2v) is 33.2. The van der Waals surface area contributed by atoms with E-state index in [1.807, 2.05) is 44.2 Å². The minimum atomic E-state index is -1.31. The number of hydrogen-bond donors (Lipinski definition) is 8. The van der Waals surface area contributed by atoms with Crippen LogP contribution in [0.5, 0.6) is 0 Å². The van der Waals surface area contributed by atoms with E-state index in [0.717, 1.165) is 66.4 Å². The number of ether oxygens (including phenoxy) is 25. The molecule has 3 saturated heterocycles. The minimum Gasteiger partial charge on any atom is -0.463 e. The molecule has 8 N–H and O–H groups in total. The molecule has 3 aliphatic heterocycles. The van der Waals surface area contributed by atoms with Crippen LogP contribution in [0.3, 0.4) is 0 Å². The Morgan fingerprint density at radius 1 is 0.317 bits per heavy atom. The lowest BCUT2D eigenvalue weighted by Crippen LogP contribution is -2.66. The third-order valence-corrected chi connectivity index (χ3v) is 20.5. The maximum atomic E-state index is 14.5. The first-order valence-electron chi connectivity index (χ1n) is 47.8. The molecule has 808 valence electrons. The van der Waals surface area contributed by atoms with Gasteiger partial charge in [-0.2, -0.15) is 0 Å². The number of hydrogen-bond acceptors (Lipinski definition) is 42. The van der Waals surface area contributed by atoms with Crippen LogP contribution >= 0.6 is 0 Å². The molecule has 0 spiro atoms. The van der Waals surface area contributed by atoms with Crippen LogP contribution in [0, 0.1) is 5.92 Å². The smallest absolute Gasteiger partial charge is 0.303 e. The van der Waals surface area contributed by atoms with Gasteiger partial charge >= 0.3 is 53.7 Å². The number of benzene rings is 1. The lowest BCUT2D eigenvalue weighted by molar-refractivity contribution is -0.280. The van der Waals surface area contributed by atoms with Crippen molar-refractivity contribution in [3.8, 4) is 0 Å². The Labute approximate surface area is 827 Å². The molecule has 49 heteroatoms. The highest BCUT2D eigenvalue weighted by molar-refractivity contribution is 5.89. The van der Waals surface area contributed by atoms with Gasteiger partial charge in [-0.1, -0.05) is 63.4 Å². The van der Waals surface area contributed by atoms with Crippen molar-refractivity contribution in [1.29, 1.82) is 0 Å². The first-order valence-corrected chi connectivity index (χ1v) is 47.8. The summed E-state index contributed by atoms with van der Waals surface area (Å²) < 4.78 is 141. The van der Waals surface area contributed by atoms with Crippen LogP contribution in [0.4, 0.5) is 0 Å². The molecule has 0 unspecified atom stereocenters. The molecule has 49 nitrogen and oxygen atoms in total. The molecule has 3 heterocycles. The fourth-order valence-corrected chi connectivity index (χ4v) is 14.5. The first-order chi connectivity index (χ1) is 68.0. The Morgan fingerprint density at radius 2 is 0.641 bits per heavy atom. The predicted molar refractivity (Wildman–Crippen MR) is 491 cm³/mol. The normalized spacial score (nSPS) is 21.3. The average molecular weight is 2040 g/mol. The molecule has 0 saturated carbocycles. The van der Waals surface area contributed by atoms with Gasteiger partial charge in [0.15, 0.2) is 55.5 Å². The van der Waals surface area contributed by atoms with E-state index in [4.69, 9.17) is 118 Å². The van der Waals surface area contributed by atoms with Crippen molar-refractivity contribution in [3.63, 3.8) is 0 Å². The summed E-state index contributed by atoms with van der Waals surface area (Å²) in [6, 6.07) is 5.45. The van der Waals surface area contributed by atoms with Crippen molar-refractivity contribution in [3.05, 3.63) is 35.9 Å². The van der Waals surface area contributed by atoms with Gasteiger partial charge in [0.25, 0.3) is 0 Å². The summed E-state index contributed by atoms with van der Waals surface area (Å²) in [5.41, 5.74) is 1.07. The summed E-state index contributed by atoms with van der Waals surface area (Å²) in [5, 5.41) is 22.8. The molecule has 0 radical (unpaired) electrons. The van der Waals surface area contributed by atoms with Crippen molar-refractivity contribution in [2.75, 3.05) is 191 Å². The van der Waals surface area contributed by atoms with Gasteiger partial charge in [-0.05, 0) is 50.5 Å². The van der Waals surface area contributed by atoms with Gasteiger partial charge in [-0.25, -0.2) is 0 Å². The summed E-state index contributed by atoms with van der Waals surface area (Å²) in [6.45, 7) is 16.9. The molecule has 7 amide bonds. The van der Waals surface area contributed by atoms with E-state index in [0.29, 0.717) is 51.9 Å². The molecular weight excluding hydrogens is 1890 g/mol. The Morgan fingerprint density at radius 3 is 1.01 bits per heavy atom. The SMILES string of the molecule is CC(=O)N[C@H]1[C@H](OCCOCCOCCOCC(=O)NCCCC[C@H](NC(=O)[C@H](CCCCNC(=O)COCCOCCOCCO[C@@H]2O[C@H](COC(C)=O)[C@H](OC(C)=O)[C@H](OC(C)=O)[C@H]2NC(C)C)CNC(=O)COCCOCCOCCO[C@@H]2O[C@H](COC(C)=O)[C@H](OC(C)=O)[C@H](OC(C)=O)[C@H]2NC(C)=O)C(=O)NCCCCCCOCc2ccccc2)O[C@H](COC(C)=O)[C@H](OC(C)=O)[C@@H]1OC(C)=O. The van der Waals surface area contributed by atoms with Crippen molar-refractivity contribution < 1.29 is 195 Å². The fraction of sp³-hybridized carbons (Fsp3) is 0.763. The van der Waals surface area contributed by atoms with E-state index in [1.54, 1.807) is 0 Å². The summed E-state index contributed by atoms with van der Waals surface area (Å²) in [5.74, 6) is -10.7. The van der Waals surface area contributed by atoms with E-state index in [2.05, 4.69) is 42.5 Å². The number of carbonyl (C=O) groups excluding carboxylic acids is 16. The van der Waals surface area contributed by atoms with Crippen LogP contribution in [-0.2, 0) is 202 Å². The average Bonchev–Trinajstić information content (AvgIpc) is 0.793. The summed E-state index contributed by atoms with van der Waals surface area (Å²) >= 11 is 0. The number of nitrogens with one attached hydrogen (secondary N) is 8. The van der Waals surface area contributed by atoms with Crippen LogP contribution in [0.1, 0.15) is 160 Å². The number of esters is 9. The summed E-state index contributed by atoms with van der Waals surface area (Å²) in [4.78, 5) is 201. The van der Waals surface area contributed by atoms with Gasteiger partial charge < -0.3 is 161 Å². The molecule has 4 rings (SSSR count). The third-order valence-electron chi connectivity index (χ3n) is 20.5. The third kappa shape index (κ3) is 56.4. The zero-order valence-electron chi connectivity index (χ0n) is 83.8. The Hall–Kier alpha value is -9.94. The summed E-state index contributed by atoms with van der Waals surface area (Å²) in [7, 11) is 0. The topological polar surface area (TPSA) is 600 Å². The quantitative estimate of drug-likeness (QED) is 0.0236. The lowest BCUT2D eigenvalue weighted by atomic mass is 9.95. The maximum Gasteiger partial charge on any atom is 0.303 e. The van der Waals surface area contributed by atoms with Crippen LogP contribution in [0.2, 0.25) is 0 Å². The highest BCUT2D eigenvalue weighted by atomic mass is 16.7. The number of carbonyl (C=O) groups is 16. The van der Waals surface area contributed by atoms with E-state index >= 15 is 0 Å². The Bertz CT molecular complexity index is 3900. The van der Waals surface area contributed by atoms with Gasteiger partial charge in [0.1, 0.15) is 76.1 Å². The van der Waals surface area contributed by atoms with E-state index in [1.165, 1.54) is 34.6 Å². The van der Waals surface area contributed by atoms with Crippen LogP contribution in [-0.4, -0.2) is 390 Å². The lowest BCUT2D eigenvalue weighted by Gasteiger charge is -2.45. The molecule has 3 aliphatic rings. The van der Waals surface area contributed by atoms with E-state index in [-0.39, 0.29) is 177 Å². The zero-order valence-corrected chi connectivity index (χ0v) is 83.8.